The van der Waals surface area contributed by atoms with Crippen LogP contribution < -0.4 is 21.1 Å². The van der Waals surface area contributed by atoms with Crippen molar-refractivity contribution in [1.29, 1.82) is 0 Å². The fraction of sp³-hybridized carbons (Fsp3) is 0.348. The highest BCUT2D eigenvalue weighted by molar-refractivity contribution is 5.98. The van der Waals surface area contributed by atoms with Crippen LogP contribution in [0.3, 0.4) is 0 Å². The van der Waals surface area contributed by atoms with Crippen LogP contribution in [0.1, 0.15) is 16.4 Å². The van der Waals surface area contributed by atoms with Crippen LogP contribution in [0.25, 0.3) is 11.4 Å². The monoisotopic (exact) mass is 541 g/mol. The molecule has 39 heavy (non-hydrogen) atoms. The highest BCUT2D eigenvalue weighted by Gasteiger charge is 2.24. The third-order valence-corrected chi connectivity index (χ3v) is 5.80. The predicted molar refractivity (Wildman–Crippen MR) is 135 cm³/mol. The van der Waals surface area contributed by atoms with Crippen LogP contribution in [0.2, 0.25) is 0 Å². The Morgan fingerprint density at radius 2 is 1.82 bits per heavy atom. The minimum absolute atomic E-state index is 0.0275. The first-order chi connectivity index (χ1) is 18.8. The summed E-state index contributed by atoms with van der Waals surface area (Å²) in [5.41, 5.74) is 6.41. The Labute approximate surface area is 222 Å². The molecular weight excluding hydrogens is 514 g/mol. The maximum atomic E-state index is 12.0. The summed E-state index contributed by atoms with van der Waals surface area (Å²) < 4.78 is 20.4. The van der Waals surface area contributed by atoms with Crippen molar-refractivity contribution in [2.45, 2.75) is 6.54 Å². The maximum absolute atomic E-state index is 12.0. The zero-order valence-corrected chi connectivity index (χ0v) is 21.5. The number of hydrogen-bond acceptors (Lipinski definition) is 13. The maximum Gasteiger partial charge on any atom is 0.412 e. The molecule has 1 aliphatic heterocycles. The zero-order valence-electron chi connectivity index (χ0n) is 21.5. The van der Waals surface area contributed by atoms with Gasteiger partial charge in [0, 0.05) is 32.2 Å². The number of hydrogen-bond donors (Lipinski definition) is 3. The van der Waals surface area contributed by atoms with Crippen LogP contribution in [0.15, 0.2) is 28.8 Å². The van der Waals surface area contributed by atoms with Gasteiger partial charge in [-0.3, -0.25) is 15.0 Å². The number of rotatable bonds is 8. The van der Waals surface area contributed by atoms with Gasteiger partial charge in [0.2, 0.25) is 11.7 Å². The molecule has 0 radical (unpaired) electrons. The standard InChI is InChI=1S/C23H27N9O7/c1-36-19-13(21-27-17(39-30-21)12-31-7-9-32(10-8-31)23(35)38-3)5-4-6-14(19)25-15-11-16(26-22(34)37-2)28-29-18(15)20(24)33/h4-6,11H,7-10,12H2,1-3H3,(H2,24,33)(H2,25,26,28,34). The first kappa shape index (κ1) is 27.1. The van der Waals surface area contributed by atoms with Gasteiger partial charge in [0.15, 0.2) is 17.3 Å². The number of ether oxygens (including phenoxy) is 3. The summed E-state index contributed by atoms with van der Waals surface area (Å²) in [6, 6.07) is 6.55. The molecule has 0 bridgehead atoms. The number of amides is 3. The van der Waals surface area contributed by atoms with Crippen molar-refractivity contribution in [3.05, 3.63) is 35.9 Å². The van der Waals surface area contributed by atoms with Gasteiger partial charge in [0.1, 0.15) is 0 Å². The average Bonchev–Trinajstić information content (AvgIpc) is 3.41. The topological polar surface area (TPSA) is 200 Å². The molecule has 0 aliphatic carbocycles. The van der Waals surface area contributed by atoms with E-state index in [1.165, 1.54) is 27.4 Å². The van der Waals surface area contributed by atoms with E-state index in [9.17, 15) is 14.4 Å². The first-order valence-electron chi connectivity index (χ1n) is 11.7. The van der Waals surface area contributed by atoms with Crippen molar-refractivity contribution >= 4 is 35.3 Å². The van der Waals surface area contributed by atoms with Gasteiger partial charge in [0.05, 0.1) is 44.8 Å². The zero-order chi connectivity index (χ0) is 27.9. The molecule has 1 aliphatic rings. The molecule has 0 spiro atoms. The largest absolute Gasteiger partial charge is 0.494 e. The number of anilines is 3. The molecule has 0 unspecified atom stereocenters. The van der Waals surface area contributed by atoms with E-state index in [2.05, 4.69) is 40.6 Å². The second-order valence-electron chi connectivity index (χ2n) is 8.23. The molecular formula is C23H27N9O7. The van der Waals surface area contributed by atoms with Crippen molar-refractivity contribution < 1.29 is 33.1 Å². The molecule has 1 aromatic carbocycles. The summed E-state index contributed by atoms with van der Waals surface area (Å²) in [6.45, 7) is 2.73. The number of para-hydroxylation sites is 1. The number of methoxy groups -OCH3 is 3. The van der Waals surface area contributed by atoms with E-state index in [-0.39, 0.29) is 29.1 Å². The fourth-order valence-corrected chi connectivity index (χ4v) is 3.90. The van der Waals surface area contributed by atoms with E-state index in [1.54, 1.807) is 23.1 Å². The Bertz CT molecular complexity index is 1360. The fourth-order valence-electron chi connectivity index (χ4n) is 3.90. The van der Waals surface area contributed by atoms with Crippen molar-refractivity contribution in [2.75, 3.05) is 58.1 Å². The summed E-state index contributed by atoms with van der Waals surface area (Å²) in [5.74, 6) is 0.227. The van der Waals surface area contributed by atoms with Crippen LogP contribution in [-0.2, 0) is 16.0 Å². The summed E-state index contributed by atoms with van der Waals surface area (Å²) in [6.07, 6.45) is -1.11. The van der Waals surface area contributed by atoms with E-state index in [1.807, 2.05) is 0 Å². The molecule has 1 saturated heterocycles. The number of nitrogens with two attached hydrogens (primary N) is 1. The quantitative estimate of drug-likeness (QED) is 0.370. The third-order valence-electron chi connectivity index (χ3n) is 5.80. The van der Waals surface area contributed by atoms with Gasteiger partial charge in [0.25, 0.3) is 5.91 Å². The van der Waals surface area contributed by atoms with Crippen LogP contribution in [-0.4, -0.2) is 95.7 Å². The lowest BCUT2D eigenvalue weighted by atomic mass is 10.1. The van der Waals surface area contributed by atoms with Crippen LogP contribution in [0.5, 0.6) is 5.75 Å². The minimum Gasteiger partial charge on any atom is -0.494 e. The van der Waals surface area contributed by atoms with Gasteiger partial charge in [-0.05, 0) is 12.1 Å². The van der Waals surface area contributed by atoms with Crippen LogP contribution in [0.4, 0.5) is 26.8 Å². The van der Waals surface area contributed by atoms with Crippen molar-refractivity contribution in [1.82, 2.24) is 30.1 Å². The molecule has 3 heterocycles. The molecule has 16 nitrogen and oxygen atoms in total. The average molecular weight is 542 g/mol. The molecule has 3 aromatic rings. The number of carbonyl (C=O) groups excluding carboxylic acids is 3. The first-order valence-corrected chi connectivity index (χ1v) is 11.7. The lowest BCUT2D eigenvalue weighted by molar-refractivity contribution is 0.0851. The summed E-state index contributed by atoms with van der Waals surface area (Å²) >= 11 is 0. The van der Waals surface area contributed by atoms with Crippen molar-refractivity contribution in [2.24, 2.45) is 5.73 Å². The van der Waals surface area contributed by atoms with Crippen molar-refractivity contribution in [3.63, 3.8) is 0 Å². The van der Waals surface area contributed by atoms with Crippen molar-refractivity contribution in [3.8, 4) is 17.1 Å². The SMILES string of the molecule is COC(=O)Nc1cc(Nc2cccc(-c3noc(CN4CCN(C(=O)OC)CC4)n3)c2OC)c(C(N)=O)nn1. The highest BCUT2D eigenvalue weighted by Crippen LogP contribution is 2.37. The molecule has 206 valence electrons. The van der Waals surface area contributed by atoms with Gasteiger partial charge in [-0.1, -0.05) is 11.2 Å². The molecule has 3 amide bonds. The summed E-state index contributed by atoms with van der Waals surface area (Å²) in [7, 11) is 4.03. The van der Waals surface area contributed by atoms with E-state index in [4.69, 9.17) is 19.7 Å². The van der Waals surface area contributed by atoms with Gasteiger partial charge in [-0.2, -0.15) is 4.98 Å². The van der Waals surface area contributed by atoms with E-state index in [0.717, 1.165) is 0 Å². The molecule has 4 N–H and O–H groups in total. The summed E-state index contributed by atoms with van der Waals surface area (Å²) in [5, 5.41) is 17.1. The smallest absolute Gasteiger partial charge is 0.412 e. The van der Waals surface area contributed by atoms with Gasteiger partial charge in [-0.15, -0.1) is 10.2 Å². The predicted octanol–water partition coefficient (Wildman–Crippen LogP) is 1.44. The Morgan fingerprint density at radius 3 is 2.49 bits per heavy atom. The van der Waals surface area contributed by atoms with Gasteiger partial charge < -0.3 is 34.7 Å². The number of carbonyl (C=O) groups is 3. The second kappa shape index (κ2) is 12.0. The Morgan fingerprint density at radius 1 is 1.05 bits per heavy atom. The second-order valence-corrected chi connectivity index (χ2v) is 8.23. The number of benzene rings is 1. The molecule has 16 heteroatoms. The van der Waals surface area contributed by atoms with E-state index >= 15 is 0 Å². The number of aromatic nitrogens is 4. The lowest BCUT2D eigenvalue weighted by Gasteiger charge is -2.32. The normalized spacial score (nSPS) is 13.5. The number of nitrogens with zero attached hydrogens (tertiary/aromatic N) is 6. The highest BCUT2D eigenvalue weighted by atomic mass is 16.5. The van der Waals surface area contributed by atoms with Gasteiger partial charge in [-0.25, -0.2) is 9.59 Å². The van der Waals surface area contributed by atoms with Gasteiger partial charge >= 0.3 is 12.2 Å². The Hall–Kier alpha value is -4.99. The third kappa shape index (κ3) is 6.30. The number of nitrogens with one attached hydrogen (secondary N) is 2. The molecule has 1 fully saturated rings. The van der Waals surface area contributed by atoms with Crippen LogP contribution in [0, 0.1) is 0 Å². The number of primary amides is 1. The lowest BCUT2D eigenvalue weighted by Crippen LogP contribution is -2.48. The molecule has 2 aromatic heterocycles. The Balaban J connectivity index is 1.54. The number of piperazine rings is 1. The molecule has 0 saturated carbocycles. The Kier molecular flexibility index (Phi) is 8.35. The van der Waals surface area contributed by atoms with Crippen LogP contribution >= 0.6 is 0 Å². The summed E-state index contributed by atoms with van der Waals surface area (Å²) in [4.78, 5) is 43.5. The molecule has 0 atom stereocenters. The molecule has 4 rings (SSSR count). The van der Waals surface area contributed by atoms with E-state index < -0.39 is 12.0 Å². The van der Waals surface area contributed by atoms with E-state index in [0.29, 0.717) is 55.6 Å². The minimum atomic E-state index is -0.833.